The molecule has 1 aromatic heterocycles. The van der Waals surface area contributed by atoms with Gasteiger partial charge in [-0.2, -0.15) is 0 Å². The summed E-state index contributed by atoms with van der Waals surface area (Å²) in [6.07, 6.45) is 4.80. The van der Waals surface area contributed by atoms with Gasteiger partial charge < -0.3 is 10.3 Å². The van der Waals surface area contributed by atoms with E-state index in [9.17, 15) is 0 Å². The van der Waals surface area contributed by atoms with Gasteiger partial charge in [-0.25, -0.2) is 4.98 Å². The molecule has 1 heterocycles. The standard InChI is InChI=1S/C12H21N3/c1-3-6-13-8-12-14-10-5-4-9(2)7-11(10)15-12/h9,13H,3-8H2,1-2H3,(H,14,15). The lowest BCUT2D eigenvalue weighted by molar-refractivity contribution is 0.492. The van der Waals surface area contributed by atoms with Crippen LogP contribution in [0.15, 0.2) is 0 Å². The number of nitrogens with one attached hydrogen (secondary N) is 2. The lowest BCUT2D eigenvalue weighted by atomic mass is 9.92. The van der Waals surface area contributed by atoms with Gasteiger partial charge in [-0.1, -0.05) is 13.8 Å². The highest BCUT2D eigenvalue weighted by Gasteiger charge is 2.18. The van der Waals surface area contributed by atoms with E-state index >= 15 is 0 Å². The van der Waals surface area contributed by atoms with Crippen molar-refractivity contribution in [2.75, 3.05) is 6.54 Å². The third kappa shape index (κ3) is 2.59. The molecule has 2 rings (SSSR count). The van der Waals surface area contributed by atoms with Crippen LogP contribution >= 0.6 is 0 Å². The maximum atomic E-state index is 4.64. The van der Waals surface area contributed by atoms with Crippen molar-refractivity contribution < 1.29 is 0 Å². The summed E-state index contributed by atoms with van der Waals surface area (Å²) in [6.45, 7) is 6.46. The van der Waals surface area contributed by atoms with Crippen LogP contribution in [0.3, 0.4) is 0 Å². The first-order valence-electron chi connectivity index (χ1n) is 6.07. The summed E-state index contributed by atoms with van der Waals surface area (Å²) in [7, 11) is 0. The van der Waals surface area contributed by atoms with Gasteiger partial charge in [0.15, 0.2) is 0 Å². The van der Waals surface area contributed by atoms with Crippen LogP contribution < -0.4 is 5.32 Å². The van der Waals surface area contributed by atoms with Gasteiger partial charge in [-0.15, -0.1) is 0 Å². The number of aromatic nitrogens is 2. The number of nitrogens with zero attached hydrogens (tertiary/aromatic N) is 1. The van der Waals surface area contributed by atoms with E-state index in [0.717, 1.165) is 31.3 Å². The number of fused-ring (bicyclic) bond motifs is 1. The van der Waals surface area contributed by atoms with Crippen LogP contribution in [0.25, 0.3) is 0 Å². The van der Waals surface area contributed by atoms with E-state index in [4.69, 9.17) is 0 Å². The van der Waals surface area contributed by atoms with Crippen molar-refractivity contribution in [2.24, 2.45) is 5.92 Å². The SMILES string of the molecule is CCCNCc1nc2c([nH]1)CC(C)CC2. The quantitative estimate of drug-likeness (QED) is 0.742. The van der Waals surface area contributed by atoms with Crippen molar-refractivity contribution in [3.8, 4) is 0 Å². The zero-order valence-corrected chi connectivity index (χ0v) is 9.77. The Kier molecular flexibility index (Phi) is 3.41. The molecule has 0 saturated heterocycles. The molecule has 0 aromatic carbocycles. The van der Waals surface area contributed by atoms with Crippen molar-refractivity contribution in [1.29, 1.82) is 0 Å². The molecule has 3 heteroatoms. The topological polar surface area (TPSA) is 40.7 Å². The summed E-state index contributed by atoms with van der Waals surface area (Å²) in [5.41, 5.74) is 2.68. The van der Waals surface area contributed by atoms with Crippen LogP contribution in [-0.4, -0.2) is 16.5 Å². The minimum atomic E-state index is 0.814. The van der Waals surface area contributed by atoms with E-state index in [1.54, 1.807) is 0 Å². The molecule has 0 aliphatic heterocycles. The Morgan fingerprint density at radius 2 is 2.40 bits per heavy atom. The zero-order chi connectivity index (χ0) is 10.7. The number of rotatable bonds is 4. The van der Waals surface area contributed by atoms with Crippen LogP contribution in [0.4, 0.5) is 0 Å². The average Bonchev–Trinajstić information content (AvgIpc) is 2.60. The molecule has 1 aromatic rings. The van der Waals surface area contributed by atoms with E-state index in [0.29, 0.717) is 0 Å². The largest absolute Gasteiger partial charge is 0.345 e. The van der Waals surface area contributed by atoms with Gasteiger partial charge in [0.25, 0.3) is 0 Å². The number of hydrogen-bond acceptors (Lipinski definition) is 2. The molecule has 1 aliphatic rings. The fourth-order valence-electron chi connectivity index (χ4n) is 2.18. The van der Waals surface area contributed by atoms with E-state index in [1.807, 2.05) is 0 Å². The number of hydrogen-bond donors (Lipinski definition) is 2. The monoisotopic (exact) mass is 207 g/mol. The fraction of sp³-hybridized carbons (Fsp3) is 0.750. The number of aromatic amines is 1. The molecule has 2 N–H and O–H groups in total. The molecule has 1 unspecified atom stereocenters. The first-order chi connectivity index (χ1) is 7.29. The highest BCUT2D eigenvalue weighted by atomic mass is 15.0. The van der Waals surface area contributed by atoms with Gasteiger partial charge in [-0.3, -0.25) is 0 Å². The molecule has 84 valence electrons. The smallest absolute Gasteiger partial charge is 0.120 e. The maximum Gasteiger partial charge on any atom is 0.120 e. The third-order valence-electron chi connectivity index (χ3n) is 3.06. The van der Waals surface area contributed by atoms with Gasteiger partial charge in [-0.05, 0) is 38.1 Å². The molecule has 0 fully saturated rings. The first-order valence-corrected chi connectivity index (χ1v) is 6.07. The molecule has 0 radical (unpaired) electrons. The van der Waals surface area contributed by atoms with Gasteiger partial charge in [0.05, 0.1) is 12.2 Å². The lowest BCUT2D eigenvalue weighted by Gasteiger charge is -2.15. The summed E-state index contributed by atoms with van der Waals surface area (Å²) in [6, 6.07) is 0. The van der Waals surface area contributed by atoms with Crippen LogP contribution in [0.5, 0.6) is 0 Å². The summed E-state index contributed by atoms with van der Waals surface area (Å²) >= 11 is 0. The highest BCUT2D eigenvalue weighted by Crippen LogP contribution is 2.23. The van der Waals surface area contributed by atoms with E-state index in [1.165, 1.54) is 30.7 Å². The molecular formula is C12H21N3. The second-order valence-corrected chi connectivity index (χ2v) is 4.63. The molecule has 0 saturated carbocycles. The summed E-state index contributed by atoms with van der Waals surface area (Å²) in [5.74, 6) is 1.93. The second kappa shape index (κ2) is 4.79. The summed E-state index contributed by atoms with van der Waals surface area (Å²) in [4.78, 5) is 8.09. The Labute approximate surface area is 91.7 Å². The van der Waals surface area contributed by atoms with Crippen LogP contribution in [0, 0.1) is 5.92 Å². The van der Waals surface area contributed by atoms with Crippen LogP contribution in [-0.2, 0) is 19.4 Å². The third-order valence-corrected chi connectivity index (χ3v) is 3.06. The predicted molar refractivity (Wildman–Crippen MR) is 61.8 cm³/mol. The normalized spacial score (nSPS) is 20.3. The van der Waals surface area contributed by atoms with Gasteiger partial charge >= 0.3 is 0 Å². The Hall–Kier alpha value is -0.830. The summed E-state index contributed by atoms with van der Waals surface area (Å²) < 4.78 is 0. The van der Waals surface area contributed by atoms with Gasteiger partial charge in [0, 0.05) is 5.69 Å². The zero-order valence-electron chi connectivity index (χ0n) is 9.77. The Bertz CT molecular complexity index is 317. The van der Waals surface area contributed by atoms with E-state index in [-0.39, 0.29) is 0 Å². The Balaban J connectivity index is 1.96. The van der Waals surface area contributed by atoms with E-state index < -0.39 is 0 Å². The molecule has 15 heavy (non-hydrogen) atoms. The Morgan fingerprint density at radius 1 is 1.53 bits per heavy atom. The van der Waals surface area contributed by atoms with Crippen LogP contribution in [0.1, 0.15) is 43.9 Å². The molecule has 0 amide bonds. The summed E-state index contributed by atoms with van der Waals surface area (Å²) in [5, 5.41) is 3.38. The number of aryl methyl sites for hydroxylation is 1. The van der Waals surface area contributed by atoms with Crippen LogP contribution in [0.2, 0.25) is 0 Å². The molecular weight excluding hydrogens is 186 g/mol. The minimum absolute atomic E-state index is 0.814. The van der Waals surface area contributed by atoms with Crippen molar-refractivity contribution in [3.05, 3.63) is 17.2 Å². The molecule has 1 aliphatic carbocycles. The fourth-order valence-corrected chi connectivity index (χ4v) is 2.18. The van der Waals surface area contributed by atoms with Crippen molar-refractivity contribution in [3.63, 3.8) is 0 Å². The molecule has 1 atom stereocenters. The van der Waals surface area contributed by atoms with Crippen molar-refractivity contribution >= 4 is 0 Å². The number of imidazole rings is 1. The Morgan fingerprint density at radius 3 is 3.20 bits per heavy atom. The molecule has 3 nitrogen and oxygen atoms in total. The molecule has 0 bridgehead atoms. The van der Waals surface area contributed by atoms with Gasteiger partial charge in [0.2, 0.25) is 0 Å². The minimum Gasteiger partial charge on any atom is -0.345 e. The highest BCUT2D eigenvalue weighted by molar-refractivity contribution is 5.18. The first kappa shape index (κ1) is 10.7. The molecule has 0 spiro atoms. The van der Waals surface area contributed by atoms with Gasteiger partial charge in [0.1, 0.15) is 5.82 Å². The van der Waals surface area contributed by atoms with Crippen molar-refractivity contribution in [1.82, 2.24) is 15.3 Å². The second-order valence-electron chi connectivity index (χ2n) is 4.63. The average molecular weight is 207 g/mol. The lowest BCUT2D eigenvalue weighted by Crippen LogP contribution is -2.14. The van der Waals surface area contributed by atoms with Crippen molar-refractivity contribution in [2.45, 2.75) is 46.1 Å². The maximum absolute atomic E-state index is 4.64. The van der Waals surface area contributed by atoms with E-state index in [2.05, 4.69) is 29.1 Å². The number of H-pyrrole nitrogens is 1. The predicted octanol–water partition coefficient (Wildman–Crippen LogP) is 2.03.